The highest BCUT2D eigenvalue weighted by Gasteiger charge is 2.13. The van der Waals surface area contributed by atoms with Crippen LogP contribution in [0.25, 0.3) is 0 Å². The Morgan fingerprint density at radius 3 is 2.07 bits per heavy atom. The summed E-state index contributed by atoms with van der Waals surface area (Å²) < 4.78 is 30.8. The Morgan fingerprint density at radius 2 is 1.67 bits per heavy atom. The van der Waals surface area contributed by atoms with Crippen molar-refractivity contribution in [3.8, 4) is 5.75 Å². The predicted molar refractivity (Wildman–Crippen MR) is 58.3 cm³/mol. The molecule has 86 valence electrons. The molecule has 0 saturated carbocycles. The fourth-order valence-electron chi connectivity index (χ4n) is 1.22. The van der Waals surface area contributed by atoms with Gasteiger partial charge < -0.3 is 4.74 Å². The minimum absolute atomic E-state index is 0.0418. The molecule has 0 aliphatic heterocycles. The van der Waals surface area contributed by atoms with E-state index in [-0.39, 0.29) is 11.7 Å². The van der Waals surface area contributed by atoms with Crippen LogP contribution < -0.4 is 4.74 Å². The molecule has 1 rings (SSSR count). The number of ether oxygens (including phenoxy) is 1. The van der Waals surface area contributed by atoms with Gasteiger partial charge in [-0.25, -0.2) is 8.78 Å². The minimum Gasteiger partial charge on any atom is -0.493 e. The van der Waals surface area contributed by atoms with E-state index in [1.165, 1.54) is 13.2 Å². The zero-order valence-corrected chi connectivity index (χ0v) is 9.90. The molecule has 0 fully saturated rings. The van der Waals surface area contributed by atoms with Crippen molar-refractivity contribution in [2.45, 2.75) is 33.6 Å². The summed E-state index contributed by atoms with van der Waals surface area (Å²) in [6.45, 7) is 7.72. The van der Waals surface area contributed by atoms with E-state index >= 15 is 0 Å². The van der Waals surface area contributed by atoms with Crippen LogP contribution in [0, 0.1) is 11.6 Å². The Morgan fingerprint density at radius 1 is 1.13 bits per heavy atom. The quantitative estimate of drug-likeness (QED) is 0.722. The van der Waals surface area contributed by atoms with Crippen LogP contribution in [-0.4, -0.2) is 7.11 Å². The molecule has 0 heterocycles. The summed E-state index contributed by atoms with van der Waals surface area (Å²) in [7, 11) is 1.38. The second-order valence-electron chi connectivity index (χ2n) is 3.16. The van der Waals surface area contributed by atoms with Gasteiger partial charge in [0.1, 0.15) is 5.82 Å². The highest BCUT2D eigenvalue weighted by atomic mass is 19.1. The Balaban J connectivity index is 0.000000921. The standard InChI is InChI=1S/C10H12F2O.C2H6/c1-6(2)8-4-7(11)5-9(12)10(8)13-3;1-2/h4-6H,1-3H3;1-2H3. The third kappa shape index (κ3) is 3.50. The molecule has 0 unspecified atom stereocenters. The number of benzene rings is 1. The van der Waals surface area contributed by atoms with E-state index in [0.717, 1.165) is 6.07 Å². The lowest BCUT2D eigenvalue weighted by atomic mass is 10.0. The van der Waals surface area contributed by atoms with E-state index in [1.54, 1.807) is 0 Å². The molecule has 0 radical (unpaired) electrons. The van der Waals surface area contributed by atoms with Crippen LogP contribution in [-0.2, 0) is 0 Å². The fourth-order valence-corrected chi connectivity index (χ4v) is 1.22. The number of hydrogen-bond acceptors (Lipinski definition) is 1. The molecule has 0 spiro atoms. The zero-order chi connectivity index (χ0) is 12.0. The summed E-state index contributed by atoms with van der Waals surface area (Å²) in [4.78, 5) is 0. The molecule has 1 aromatic rings. The first kappa shape index (κ1) is 13.9. The van der Waals surface area contributed by atoms with Gasteiger partial charge in [-0.05, 0) is 12.0 Å². The van der Waals surface area contributed by atoms with Crippen molar-refractivity contribution < 1.29 is 13.5 Å². The van der Waals surface area contributed by atoms with Crippen molar-refractivity contribution in [3.63, 3.8) is 0 Å². The average Bonchev–Trinajstić information content (AvgIpc) is 2.19. The Hall–Kier alpha value is -1.12. The number of rotatable bonds is 2. The predicted octanol–water partition coefficient (Wildman–Crippen LogP) is 4.12. The molecule has 0 aliphatic rings. The van der Waals surface area contributed by atoms with Crippen molar-refractivity contribution in [2.24, 2.45) is 0 Å². The smallest absolute Gasteiger partial charge is 0.168 e. The molecule has 0 bridgehead atoms. The van der Waals surface area contributed by atoms with Crippen LogP contribution in [0.5, 0.6) is 5.75 Å². The summed E-state index contributed by atoms with van der Waals surface area (Å²) in [5.74, 6) is -1.04. The number of hydrogen-bond donors (Lipinski definition) is 0. The van der Waals surface area contributed by atoms with E-state index in [9.17, 15) is 8.78 Å². The molecule has 0 aliphatic carbocycles. The van der Waals surface area contributed by atoms with Gasteiger partial charge >= 0.3 is 0 Å². The van der Waals surface area contributed by atoms with E-state index in [1.807, 2.05) is 27.7 Å². The highest BCUT2D eigenvalue weighted by molar-refractivity contribution is 5.37. The first-order valence-electron chi connectivity index (χ1n) is 5.09. The lowest BCUT2D eigenvalue weighted by Crippen LogP contribution is -1.98. The third-order valence-corrected chi connectivity index (χ3v) is 1.86. The SMILES string of the molecule is CC.COc1c(F)cc(F)cc1C(C)C. The molecule has 0 saturated heterocycles. The molecule has 0 aromatic heterocycles. The molecule has 0 N–H and O–H groups in total. The molecule has 0 amide bonds. The number of halogens is 2. The Labute approximate surface area is 90.1 Å². The molecular weight excluding hydrogens is 198 g/mol. The second kappa shape index (κ2) is 6.38. The summed E-state index contributed by atoms with van der Waals surface area (Å²) in [5, 5.41) is 0. The van der Waals surface area contributed by atoms with Gasteiger partial charge in [-0.1, -0.05) is 27.7 Å². The maximum absolute atomic E-state index is 13.1. The van der Waals surface area contributed by atoms with Crippen molar-refractivity contribution in [3.05, 3.63) is 29.3 Å². The lowest BCUT2D eigenvalue weighted by Gasteiger charge is -2.12. The molecule has 3 heteroatoms. The normalized spacial score (nSPS) is 9.60. The summed E-state index contributed by atoms with van der Waals surface area (Å²) >= 11 is 0. The van der Waals surface area contributed by atoms with Crippen LogP contribution >= 0.6 is 0 Å². The van der Waals surface area contributed by atoms with Crippen molar-refractivity contribution in [1.29, 1.82) is 0 Å². The van der Waals surface area contributed by atoms with Crippen LogP contribution in [0.3, 0.4) is 0 Å². The van der Waals surface area contributed by atoms with Gasteiger partial charge in [-0.3, -0.25) is 0 Å². The van der Waals surface area contributed by atoms with Gasteiger partial charge in [0.15, 0.2) is 11.6 Å². The minimum atomic E-state index is -0.647. The molecule has 0 atom stereocenters. The third-order valence-electron chi connectivity index (χ3n) is 1.86. The van der Waals surface area contributed by atoms with E-state index in [2.05, 4.69) is 0 Å². The molecule has 1 nitrogen and oxygen atoms in total. The zero-order valence-electron chi connectivity index (χ0n) is 9.90. The first-order chi connectivity index (χ1) is 7.06. The maximum Gasteiger partial charge on any atom is 0.168 e. The van der Waals surface area contributed by atoms with Crippen LogP contribution in [0.2, 0.25) is 0 Å². The summed E-state index contributed by atoms with van der Waals surface area (Å²) in [5.41, 5.74) is 0.556. The van der Waals surface area contributed by atoms with Gasteiger partial charge in [-0.15, -0.1) is 0 Å². The maximum atomic E-state index is 13.1. The van der Waals surface area contributed by atoms with Crippen LogP contribution in [0.15, 0.2) is 12.1 Å². The molecular formula is C12H18F2O. The topological polar surface area (TPSA) is 9.23 Å². The van der Waals surface area contributed by atoms with Gasteiger partial charge in [-0.2, -0.15) is 0 Å². The fraction of sp³-hybridized carbons (Fsp3) is 0.500. The Kier molecular flexibility index (Phi) is 5.90. The van der Waals surface area contributed by atoms with Crippen LogP contribution in [0.1, 0.15) is 39.2 Å². The highest BCUT2D eigenvalue weighted by Crippen LogP contribution is 2.29. The number of methoxy groups -OCH3 is 1. The molecule has 15 heavy (non-hydrogen) atoms. The lowest BCUT2D eigenvalue weighted by molar-refractivity contribution is 0.376. The monoisotopic (exact) mass is 216 g/mol. The summed E-state index contributed by atoms with van der Waals surface area (Å²) in [6.07, 6.45) is 0. The second-order valence-corrected chi connectivity index (χ2v) is 3.16. The van der Waals surface area contributed by atoms with Gasteiger partial charge in [0, 0.05) is 11.6 Å². The van der Waals surface area contributed by atoms with Gasteiger partial charge in [0.05, 0.1) is 7.11 Å². The largest absolute Gasteiger partial charge is 0.493 e. The van der Waals surface area contributed by atoms with Crippen molar-refractivity contribution in [2.75, 3.05) is 7.11 Å². The Bertz CT molecular complexity index is 309. The van der Waals surface area contributed by atoms with E-state index < -0.39 is 11.6 Å². The summed E-state index contributed by atoms with van der Waals surface area (Å²) in [6, 6.07) is 2.12. The molecule has 1 aromatic carbocycles. The first-order valence-corrected chi connectivity index (χ1v) is 5.09. The van der Waals surface area contributed by atoms with Crippen molar-refractivity contribution >= 4 is 0 Å². The van der Waals surface area contributed by atoms with E-state index in [4.69, 9.17) is 4.74 Å². The average molecular weight is 216 g/mol. The van der Waals surface area contributed by atoms with Gasteiger partial charge in [0.25, 0.3) is 0 Å². The van der Waals surface area contributed by atoms with Crippen molar-refractivity contribution in [1.82, 2.24) is 0 Å². The van der Waals surface area contributed by atoms with Gasteiger partial charge in [0.2, 0.25) is 0 Å². The van der Waals surface area contributed by atoms with E-state index in [0.29, 0.717) is 5.56 Å². The van der Waals surface area contributed by atoms with Crippen LogP contribution in [0.4, 0.5) is 8.78 Å².